The fourth-order valence-electron chi connectivity index (χ4n) is 2.97. The maximum atomic E-state index is 12.8. The minimum absolute atomic E-state index is 0.0183. The monoisotopic (exact) mass is 408 g/mol. The highest BCUT2D eigenvalue weighted by Gasteiger charge is 2.34. The number of amides is 1. The molecule has 0 bridgehead atoms. The largest absolute Gasteiger partial charge is 0.396 e. The average Bonchev–Trinajstić information content (AvgIpc) is 2.90. The first-order valence-corrected chi connectivity index (χ1v) is 10.7. The van der Waals surface area contributed by atoms with Crippen molar-refractivity contribution in [3.63, 3.8) is 0 Å². The molecule has 1 aliphatic heterocycles. The zero-order valence-electron chi connectivity index (χ0n) is 15.6. The molecule has 1 aromatic carbocycles. The fourth-order valence-corrected chi connectivity index (χ4v) is 3.95. The molecule has 0 atom stereocenters. The zero-order chi connectivity index (χ0) is 20.6. The topological polar surface area (TPSA) is 133 Å². The maximum absolute atomic E-state index is 12.8. The van der Waals surface area contributed by atoms with Gasteiger partial charge in [-0.3, -0.25) is 4.79 Å². The first-order valence-electron chi connectivity index (χ1n) is 9.09. The van der Waals surface area contributed by atoms with Gasteiger partial charge in [-0.1, -0.05) is 36.7 Å². The number of aliphatic hydroxyl groups excluding tert-OH is 1. The average molecular weight is 408 g/mol. The van der Waals surface area contributed by atoms with E-state index in [1.54, 1.807) is 12.1 Å². The highest BCUT2D eigenvalue weighted by Crippen LogP contribution is 2.37. The minimum atomic E-state index is -3.93. The Hall–Kier alpha value is -2.55. The van der Waals surface area contributed by atoms with Gasteiger partial charge in [-0.25, -0.2) is 0 Å². The molecule has 0 saturated heterocycles. The molecule has 1 aromatic rings. The van der Waals surface area contributed by atoms with Crippen LogP contribution in [0.4, 0.5) is 0 Å². The molecule has 0 fully saturated rings. The van der Waals surface area contributed by atoms with E-state index >= 15 is 0 Å². The van der Waals surface area contributed by atoms with Crippen LogP contribution in [0.15, 0.2) is 29.9 Å². The third kappa shape index (κ3) is 5.48. The lowest BCUT2D eigenvalue weighted by atomic mass is 10.1. The summed E-state index contributed by atoms with van der Waals surface area (Å²) in [6.45, 7) is 4.63. The lowest BCUT2D eigenvalue weighted by Gasteiger charge is -2.17. The van der Waals surface area contributed by atoms with Crippen LogP contribution in [0.5, 0.6) is 5.75 Å². The molecule has 1 N–H and O–H groups in total. The van der Waals surface area contributed by atoms with Gasteiger partial charge >= 0.3 is 10.1 Å². The Morgan fingerprint density at radius 3 is 2.68 bits per heavy atom. The van der Waals surface area contributed by atoms with E-state index in [4.69, 9.17) is 14.8 Å². The van der Waals surface area contributed by atoms with Crippen molar-refractivity contribution in [2.24, 2.45) is 5.11 Å². The third-order valence-corrected chi connectivity index (χ3v) is 5.57. The van der Waals surface area contributed by atoms with Gasteiger partial charge in [-0.15, -0.1) is 0 Å². The SMILES string of the molecule is C=C1c2cccc(OS(=O)(=O)CCCN=[N+]=[N-])c2C(=O)N1CCCCCCO. The van der Waals surface area contributed by atoms with Crippen molar-refractivity contribution in [3.05, 3.63) is 46.3 Å². The van der Waals surface area contributed by atoms with Crippen molar-refractivity contribution in [1.29, 1.82) is 0 Å². The van der Waals surface area contributed by atoms with Crippen LogP contribution in [0.25, 0.3) is 16.1 Å². The molecule has 9 nitrogen and oxygen atoms in total. The molecule has 152 valence electrons. The normalized spacial score (nSPS) is 13.4. The van der Waals surface area contributed by atoms with E-state index in [9.17, 15) is 13.2 Å². The van der Waals surface area contributed by atoms with Gasteiger partial charge in [0.05, 0.1) is 11.3 Å². The predicted molar refractivity (Wildman–Crippen MR) is 105 cm³/mol. The number of azide groups is 1. The summed E-state index contributed by atoms with van der Waals surface area (Å²) in [4.78, 5) is 16.9. The van der Waals surface area contributed by atoms with Gasteiger partial charge in [0.2, 0.25) is 0 Å². The van der Waals surface area contributed by atoms with Crippen LogP contribution >= 0.6 is 0 Å². The smallest absolute Gasteiger partial charge is 0.309 e. The molecule has 10 heteroatoms. The number of unbranched alkanes of at least 4 members (excludes halogenated alkanes) is 3. The molecular formula is C18H24N4O5S. The molecule has 0 unspecified atom stereocenters. The van der Waals surface area contributed by atoms with Crippen LogP contribution in [0, 0.1) is 0 Å². The molecule has 0 aliphatic carbocycles. The summed E-state index contributed by atoms with van der Waals surface area (Å²) in [5.74, 6) is -0.670. The Morgan fingerprint density at radius 2 is 1.96 bits per heavy atom. The molecule has 0 radical (unpaired) electrons. The lowest BCUT2D eigenvalue weighted by Crippen LogP contribution is -2.24. The predicted octanol–water partition coefficient (Wildman–Crippen LogP) is 3.07. The van der Waals surface area contributed by atoms with Crippen molar-refractivity contribution in [1.82, 2.24) is 4.90 Å². The summed E-state index contributed by atoms with van der Waals surface area (Å²) in [5, 5.41) is 12.1. The number of nitrogens with zero attached hydrogens (tertiary/aromatic N) is 4. The van der Waals surface area contributed by atoms with E-state index < -0.39 is 10.1 Å². The highest BCUT2D eigenvalue weighted by molar-refractivity contribution is 7.87. The number of hydrogen-bond acceptors (Lipinski definition) is 6. The van der Waals surface area contributed by atoms with Crippen LogP contribution in [0.1, 0.15) is 48.0 Å². The summed E-state index contributed by atoms with van der Waals surface area (Å²) < 4.78 is 29.5. The Kier molecular flexibility index (Phi) is 7.86. The molecule has 1 heterocycles. The van der Waals surface area contributed by atoms with Crippen LogP contribution in [0.2, 0.25) is 0 Å². The second kappa shape index (κ2) is 10.1. The van der Waals surface area contributed by atoms with Crippen LogP contribution in [0.3, 0.4) is 0 Å². The van der Waals surface area contributed by atoms with Gasteiger partial charge in [0.25, 0.3) is 5.91 Å². The third-order valence-electron chi connectivity index (χ3n) is 4.34. The first kappa shape index (κ1) is 21.7. The Bertz CT molecular complexity index is 878. The summed E-state index contributed by atoms with van der Waals surface area (Å²) in [5.41, 5.74) is 9.51. The highest BCUT2D eigenvalue weighted by atomic mass is 32.2. The van der Waals surface area contributed by atoms with Crippen LogP contribution < -0.4 is 4.18 Å². The Labute approximate surface area is 164 Å². The number of hydrogen-bond donors (Lipinski definition) is 1. The first-order chi connectivity index (χ1) is 13.4. The van der Waals surface area contributed by atoms with Gasteiger partial charge in [0, 0.05) is 35.9 Å². The molecule has 1 aliphatic rings. The molecule has 2 rings (SSSR count). The van der Waals surface area contributed by atoms with Gasteiger partial charge in [-0.05, 0) is 30.9 Å². The molecular weight excluding hydrogens is 384 g/mol. The van der Waals surface area contributed by atoms with E-state index in [1.807, 2.05) is 0 Å². The summed E-state index contributed by atoms with van der Waals surface area (Å²) in [6, 6.07) is 4.77. The van der Waals surface area contributed by atoms with Gasteiger partial charge in [-0.2, -0.15) is 8.42 Å². The summed E-state index contributed by atoms with van der Waals surface area (Å²) >= 11 is 0. The molecule has 1 amide bonds. The van der Waals surface area contributed by atoms with Crippen molar-refractivity contribution in [2.75, 3.05) is 25.4 Å². The fraction of sp³-hybridized carbons (Fsp3) is 0.500. The number of benzene rings is 1. The van der Waals surface area contributed by atoms with E-state index in [0.717, 1.165) is 25.7 Å². The van der Waals surface area contributed by atoms with Crippen LogP contribution in [-0.2, 0) is 10.1 Å². The molecule has 0 aromatic heterocycles. The van der Waals surface area contributed by atoms with Crippen molar-refractivity contribution in [2.45, 2.75) is 32.1 Å². The van der Waals surface area contributed by atoms with E-state index in [2.05, 4.69) is 16.6 Å². The van der Waals surface area contributed by atoms with Crippen LogP contribution in [-0.4, -0.2) is 49.8 Å². The molecule has 0 saturated carbocycles. The summed E-state index contributed by atoms with van der Waals surface area (Å²) in [7, 11) is -3.93. The number of rotatable bonds is 12. The van der Waals surface area contributed by atoms with Gasteiger partial charge in [0.1, 0.15) is 0 Å². The number of carbonyl (C=O) groups is 1. The number of carbonyl (C=O) groups excluding carboxylic acids is 1. The van der Waals surface area contributed by atoms with Crippen molar-refractivity contribution >= 4 is 21.7 Å². The van der Waals surface area contributed by atoms with Gasteiger partial charge < -0.3 is 14.2 Å². The summed E-state index contributed by atoms with van der Waals surface area (Å²) in [6.07, 6.45) is 3.36. The maximum Gasteiger partial charge on any atom is 0.309 e. The van der Waals surface area contributed by atoms with Gasteiger partial charge in [0.15, 0.2) is 5.75 Å². The standard InChI is InChI=1S/C18H24N4O5S/c1-14-15-8-6-9-16(27-28(25,26)13-7-10-20-21-19)17(15)18(24)22(14)11-4-2-3-5-12-23/h6,8-9,23H,1-5,7,10-13H2. The van der Waals surface area contributed by atoms with Crippen molar-refractivity contribution in [3.8, 4) is 5.75 Å². The zero-order valence-corrected chi connectivity index (χ0v) is 16.4. The van der Waals surface area contributed by atoms with E-state index in [1.165, 1.54) is 11.0 Å². The second-order valence-corrected chi connectivity index (χ2v) is 8.06. The molecule has 28 heavy (non-hydrogen) atoms. The Balaban J connectivity index is 2.09. The number of aliphatic hydroxyl groups is 1. The number of fused-ring (bicyclic) bond motifs is 1. The lowest BCUT2D eigenvalue weighted by molar-refractivity contribution is 0.0847. The van der Waals surface area contributed by atoms with E-state index in [-0.39, 0.29) is 42.5 Å². The second-order valence-electron chi connectivity index (χ2n) is 6.37. The quantitative estimate of drug-likeness (QED) is 0.187. The minimum Gasteiger partial charge on any atom is -0.396 e. The Morgan fingerprint density at radius 1 is 1.21 bits per heavy atom. The molecule has 0 spiro atoms. The van der Waals surface area contributed by atoms with Crippen molar-refractivity contribution < 1.29 is 22.5 Å². The van der Waals surface area contributed by atoms with E-state index in [0.29, 0.717) is 17.8 Å².